The van der Waals surface area contributed by atoms with Crippen LogP contribution in [0.3, 0.4) is 0 Å². The molecule has 1 aliphatic rings. The minimum Gasteiger partial charge on any atom is -0.372 e. The van der Waals surface area contributed by atoms with Gasteiger partial charge in [-0.3, -0.25) is 9.98 Å². The summed E-state index contributed by atoms with van der Waals surface area (Å²) >= 11 is 0. The number of nitrogens with one attached hydrogen (secondary N) is 6. The van der Waals surface area contributed by atoms with Crippen LogP contribution in [0.2, 0.25) is 0 Å². The van der Waals surface area contributed by atoms with Gasteiger partial charge in [0, 0.05) is 55.2 Å². The molecule has 0 radical (unpaired) electrons. The number of anilines is 1. The first-order valence-electron chi connectivity index (χ1n) is 12.4. The average molecular weight is 505 g/mol. The molecule has 3 aromatic heterocycles. The molecule has 1 aliphatic heterocycles. The second-order valence-corrected chi connectivity index (χ2v) is 9.16. The zero-order valence-corrected chi connectivity index (χ0v) is 20.5. The molecule has 4 heterocycles. The molecule has 0 spiro atoms. The van der Waals surface area contributed by atoms with Gasteiger partial charge >= 0.3 is 5.69 Å². The number of nitrogens with zero attached hydrogens (tertiary/aromatic N) is 3. The normalized spacial score (nSPS) is 16.2. The summed E-state index contributed by atoms with van der Waals surface area (Å²) in [5.41, 5.74) is 8.54. The highest BCUT2D eigenvalue weighted by atomic mass is 16.5. The third-order valence-electron chi connectivity index (χ3n) is 6.51. The maximum atomic E-state index is 12.7. The molecule has 37 heavy (non-hydrogen) atoms. The fourth-order valence-corrected chi connectivity index (χ4v) is 4.49. The van der Waals surface area contributed by atoms with Crippen molar-refractivity contribution >= 4 is 22.9 Å². The van der Waals surface area contributed by atoms with Crippen molar-refractivity contribution in [3.63, 3.8) is 0 Å². The van der Waals surface area contributed by atoms with Gasteiger partial charge in [-0.25, -0.2) is 9.78 Å². The van der Waals surface area contributed by atoms with E-state index in [1.54, 1.807) is 17.0 Å². The van der Waals surface area contributed by atoms with E-state index in [1.807, 2.05) is 30.5 Å². The molecule has 0 amide bonds. The van der Waals surface area contributed by atoms with Crippen molar-refractivity contribution in [1.82, 2.24) is 35.1 Å². The minimum absolute atomic E-state index is 0.0670. The van der Waals surface area contributed by atoms with Crippen LogP contribution in [0.15, 0.2) is 53.7 Å². The summed E-state index contributed by atoms with van der Waals surface area (Å²) in [6.45, 7) is 3.41. The molecule has 1 aromatic carbocycles. The first-order valence-corrected chi connectivity index (χ1v) is 12.4. The summed E-state index contributed by atoms with van der Waals surface area (Å²) in [4.78, 5) is 27.5. The van der Waals surface area contributed by atoms with Crippen molar-refractivity contribution in [2.45, 2.75) is 31.5 Å². The summed E-state index contributed by atoms with van der Waals surface area (Å²) in [6.07, 6.45) is 6.87. The van der Waals surface area contributed by atoms with Crippen molar-refractivity contribution in [3.8, 4) is 5.69 Å². The summed E-state index contributed by atoms with van der Waals surface area (Å²) in [5, 5.41) is 17.7. The number of rotatable bonds is 11. The van der Waals surface area contributed by atoms with E-state index in [1.165, 1.54) is 0 Å². The lowest BCUT2D eigenvalue weighted by atomic mass is 10.1. The van der Waals surface area contributed by atoms with E-state index in [0.717, 1.165) is 41.8 Å². The molecule has 0 saturated carbocycles. The van der Waals surface area contributed by atoms with E-state index in [9.17, 15) is 4.79 Å². The average Bonchev–Trinajstić information content (AvgIpc) is 3.67. The van der Waals surface area contributed by atoms with Gasteiger partial charge in [-0.2, -0.15) is 4.98 Å². The quantitative estimate of drug-likeness (QED) is 0.118. The van der Waals surface area contributed by atoms with Crippen LogP contribution in [0, 0.1) is 5.41 Å². The number of hydrogen-bond acceptors (Lipinski definition) is 7. The number of ether oxygens (including phenoxy) is 1. The maximum absolute atomic E-state index is 12.7. The van der Waals surface area contributed by atoms with Crippen molar-refractivity contribution in [2.75, 3.05) is 31.5 Å². The Balaban J connectivity index is 1.24. The predicted molar refractivity (Wildman–Crippen MR) is 142 cm³/mol. The molecule has 194 valence electrons. The van der Waals surface area contributed by atoms with Crippen LogP contribution in [-0.4, -0.2) is 62.7 Å². The standard InChI is InChI=1S/C25H32N10O2/c26-23(27)29-8-6-20(13-32-24-30-9-10-31-24)37-15-16-1-3-19(4-2-16)35-14-18-11-21(17-5-7-28-12-17)33-22(18)34-25(35)36/h1-4,9-11,14,17,20,28H,5-8,12-13,15H2,(H4,26,27,29)(H2,30,31,32)(H,33,34,36)/t17?,20-/m1/s1. The third kappa shape index (κ3) is 6.16. The lowest BCUT2D eigenvalue weighted by Crippen LogP contribution is -2.34. The monoisotopic (exact) mass is 504 g/mol. The Bertz CT molecular complexity index is 1370. The molecule has 0 aliphatic carbocycles. The van der Waals surface area contributed by atoms with Crippen LogP contribution >= 0.6 is 0 Å². The Morgan fingerprint density at radius 2 is 2.19 bits per heavy atom. The van der Waals surface area contributed by atoms with Crippen LogP contribution in [0.4, 0.5) is 5.95 Å². The SMILES string of the molecule is N=C(N)NCC[C@H](CNc1ncc[nH]1)OCc1ccc(-n2cc3cc(C4CCNC4)[nH]c3nc2=O)cc1. The highest BCUT2D eigenvalue weighted by molar-refractivity contribution is 5.76. The highest BCUT2D eigenvalue weighted by Gasteiger charge is 2.19. The number of guanidine groups is 1. The Hall–Kier alpha value is -4.16. The molecular formula is C25H32N10O2. The van der Waals surface area contributed by atoms with Crippen LogP contribution < -0.4 is 27.4 Å². The van der Waals surface area contributed by atoms with Gasteiger partial charge in [-0.15, -0.1) is 0 Å². The van der Waals surface area contributed by atoms with Gasteiger partial charge in [0.15, 0.2) is 11.9 Å². The van der Waals surface area contributed by atoms with Gasteiger partial charge in [0.2, 0.25) is 0 Å². The molecule has 1 unspecified atom stereocenters. The lowest BCUT2D eigenvalue weighted by molar-refractivity contribution is 0.0444. The smallest absolute Gasteiger partial charge is 0.354 e. The topological polar surface area (TPSA) is 175 Å². The molecule has 0 bridgehead atoms. The predicted octanol–water partition coefficient (Wildman–Crippen LogP) is 1.38. The summed E-state index contributed by atoms with van der Waals surface area (Å²) in [5.74, 6) is 1.03. The van der Waals surface area contributed by atoms with Crippen molar-refractivity contribution < 1.29 is 4.74 Å². The Morgan fingerprint density at radius 1 is 1.32 bits per heavy atom. The molecule has 2 atom stereocenters. The van der Waals surface area contributed by atoms with E-state index < -0.39 is 0 Å². The molecule has 1 fully saturated rings. The highest BCUT2D eigenvalue weighted by Crippen LogP contribution is 2.24. The molecule has 12 heteroatoms. The molecular weight excluding hydrogens is 472 g/mol. The largest absolute Gasteiger partial charge is 0.372 e. The molecule has 8 N–H and O–H groups in total. The zero-order chi connectivity index (χ0) is 25.6. The fourth-order valence-electron chi connectivity index (χ4n) is 4.49. The molecule has 12 nitrogen and oxygen atoms in total. The number of nitrogens with two attached hydrogens (primary N) is 1. The van der Waals surface area contributed by atoms with E-state index in [-0.39, 0.29) is 17.8 Å². The molecule has 1 saturated heterocycles. The number of benzene rings is 1. The van der Waals surface area contributed by atoms with E-state index >= 15 is 0 Å². The van der Waals surface area contributed by atoms with Crippen molar-refractivity contribution in [2.24, 2.45) is 5.73 Å². The second kappa shape index (κ2) is 11.3. The fraction of sp³-hybridized carbons (Fsp3) is 0.360. The minimum atomic E-state index is -0.323. The van der Waals surface area contributed by atoms with Crippen molar-refractivity contribution in [1.29, 1.82) is 5.41 Å². The number of H-pyrrole nitrogens is 2. The van der Waals surface area contributed by atoms with Gasteiger partial charge in [0.05, 0.1) is 18.4 Å². The van der Waals surface area contributed by atoms with Crippen LogP contribution in [0.25, 0.3) is 16.7 Å². The van der Waals surface area contributed by atoms with Crippen LogP contribution in [0.5, 0.6) is 0 Å². The van der Waals surface area contributed by atoms with E-state index in [0.29, 0.717) is 43.6 Å². The van der Waals surface area contributed by atoms with E-state index in [4.69, 9.17) is 15.9 Å². The van der Waals surface area contributed by atoms with Gasteiger partial charge in [-0.1, -0.05) is 12.1 Å². The number of aromatic nitrogens is 5. The Labute approximate surface area is 213 Å². The van der Waals surface area contributed by atoms with Gasteiger partial charge in [0.25, 0.3) is 0 Å². The summed E-state index contributed by atoms with van der Waals surface area (Å²) < 4.78 is 7.71. The Morgan fingerprint density at radius 3 is 2.92 bits per heavy atom. The van der Waals surface area contributed by atoms with Crippen LogP contribution in [-0.2, 0) is 11.3 Å². The number of fused-ring (bicyclic) bond motifs is 1. The molecule has 5 rings (SSSR count). The third-order valence-corrected chi connectivity index (χ3v) is 6.51. The van der Waals surface area contributed by atoms with Crippen molar-refractivity contribution in [3.05, 3.63) is 70.7 Å². The number of hydrogen-bond donors (Lipinski definition) is 7. The Kier molecular flexibility index (Phi) is 7.47. The molecule has 4 aromatic rings. The maximum Gasteiger partial charge on any atom is 0.354 e. The lowest BCUT2D eigenvalue weighted by Gasteiger charge is -2.19. The van der Waals surface area contributed by atoms with Crippen LogP contribution in [0.1, 0.15) is 30.0 Å². The van der Waals surface area contributed by atoms with Gasteiger partial charge < -0.3 is 36.4 Å². The summed E-state index contributed by atoms with van der Waals surface area (Å²) in [6, 6.07) is 9.79. The second-order valence-electron chi connectivity index (χ2n) is 9.16. The summed E-state index contributed by atoms with van der Waals surface area (Å²) in [7, 11) is 0. The first-order chi connectivity index (χ1) is 18.0. The van der Waals surface area contributed by atoms with Gasteiger partial charge in [0.1, 0.15) is 5.65 Å². The first kappa shape index (κ1) is 24.5. The van der Waals surface area contributed by atoms with E-state index in [2.05, 4.69) is 42.0 Å². The number of imidazole rings is 1. The van der Waals surface area contributed by atoms with Gasteiger partial charge in [-0.05, 0) is 43.1 Å². The zero-order valence-electron chi connectivity index (χ0n) is 20.5. The number of aromatic amines is 2.